The Labute approximate surface area is 109 Å². The molecule has 0 amide bonds. The van der Waals surface area contributed by atoms with Crippen molar-refractivity contribution in [2.75, 3.05) is 24.3 Å². The van der Waals surface area contributed by atoms with Crippen molar-refractivity contribution in [1.29, 1.82) is 0 Å². The lowest BCUT2D eigenvalue weighted by atomic mass is 10.3. The molecule has 0 radical (unpaired) electrons. The van der Waals surface area contributed by atoms with E-state index in [1.807, 2.05) is 17.8 Å². The van der Waals surface area contributed by atoms with Gasteiger partial charge >= 0.3 is 0 Å². The van der Waals surface area contributed by atoms with Crippen LogP contribution in [0.25, 0.3) is 0 Å². The van der Waals surface area contributed by atoms with E-state index in [0.29, 0.717) is 13.2 Å². The van der Waals surface area contributed by atoms with Gasteiger partial charge in [0, 0.05) is 10.2 Å². The van der Waals surface area contributed by atoms with Crippen molar-refractivity contribution < 1.29 is 9.47 Å². The zero-order valence-corrected chi connectivity index (χ0v) is 11.5. The number of fused-ring (bicyclic) bond motifs is 1. The van der Waals surface area contributed by atoms with Crippen molar-refractivity contribution in [2.24, 2.45) is 0 Å². The van der Waals surface area contributed by atoms with Gasteiger partial charge in [0.1, 0.15) is 13.2 Å². The number of rotatable bonds is 5. The van der Waals surface area contributed by atoms with E-state index in [9.17, 15) is 0 Å². The lowest BCUT2D eigenvalue weighted by Crippen LogP contribution is -2.15. The van der Waals surface area contributed by atoms with Gasteiger partial charge in [-0.25, -0.2) is 0 Å². The summed E-state index contributed by atoms with van der Waals surface area (Å²) in [5.41, 5.74) is 0. The van der Waals surface area contributed by atoms with Crippen molar-refractivity contribution in [2.45, 2.75) is 17.7 Å². The van der Waals surface area contributed by atoms with E-state index < -0.39 is 0 Å². The van der Waals surface area contributed by atoms with Crippen molar-refractivity contribution in [1.82, 2.24) is 0 Å². The van der Waals surface area contributed by atoms with E-state index in [2.05, 4.69) is 28.1 Å². The lowest BCUT2D eigenvalue weighted by molar-refractivity contribution is 0.171. The summed E-state index contributed by atoms with van der Waals surface area (Å²) < 4.78 is 11.0. The summed E-state index contributed by atoms with van der Waals surface area (Å²) >= 11 is 5.32. The average Bonchev–Trinajstić information content (AvgIpc) is 2.34. The van der Waals surface area contributed by atoms with Gasteiger partial charge in [0.05, 0.1) is 0 Å². The summed E-state index contributed by atoms with van der Waals surface area (Å²) in [6, 6.07) is 6.18. The molecule has 0 unspecified atom stereocenters. The van der Waals surface area contributed by atoms with E-state index in [-0.39, 0.29) is 0 Å². The first kappa shape index (κ1) is 12.1. The number of benzene rings is 1. The summed E-state index contributed by atoms with van der Waals surface area (Å²) in [7, 11) is 0. The Balaban J connectivity index is 1.90. The monoisotopic (exact) mass is 302 g/mol. The summed E-state index contributed by atoms with van der Waals surface area (Å²) in [6.45, 7) is 1.31. The third-order valence-electron chi connectivity index (χ3n) is 2.31. The van der Waals surface area contributed by atoms with Crippen LogP contribution >= 0.6 is 27.7 Å². The molecule has 1 aliphatic rings. The molecule has 1 aromatic rings. The van der Waals surface area contributed by atoms with Gasteiger partial charge in [0.25, 0.3) is 0 Å². The predicted molar refractivity (Wildman–Crippen MR) is 71.2 cm³/mol. The predicted octanol–water partition coefficient (Wildman–Crippen LogP) is 3.73. The molecule has 0 saturated carbocycles. The van der Waals surface area contributed by atoms with Gasteiger partial charge in [-0.05, 0) is 36.8 Å². The topological polar surface area (TPSA) is 18.5 Å². The van der Waals surface area contributed by atoms with Crippen LogP contribution in [0.4, 0.5) is 0 Å². The highest BCUT2D eigenvalue weighted by Gasteiger charge is 2.11. The summed E-state index contributed by atoms with van der Waals surface area (Å²) in [5, 5.41) is 1.09. The number of unbranched alkanes of at least 4 members (excludes halogenated alkanes) is 1. The van der Waals surface area contributed by atoms with E-state index in [0.717, 1.165) is 22.6 Å². The van der Waals surface area contributed by atoms with Crippen LogP contribution in [0.2, 0.25) is 0 Å². The standard InChI is InChI=1S/C12H15BrO2S/c13-5-1-2-8-16-10-3-4-11-12(9-10)15-7-6-14-11/h3-4,9H,1-2,5-8H2. The molecule has 0 saturated heterocycles. The van der Waals surface area contributed by atoms with Crippen molar-refractivity contribution >= 4 is 27.7 Å². The fourth-order valence-corrected chi connectivity index (χ4v) is 2.84. The van der Waals surface area contributed by atoms with E-state index >= 15 is 0 Å². The van der Waals surface area contributed by atoms with Crippen LogP contribution in [-0.2, 0) is 0 Å². The Morgan fingerprint density at radius 3 is 2.75 bits per heavy atom. The van der Waals surface area contributed by atoms with Crippen molar-refractivity contribution in [3.8, 4) is 11.5 Å². The molecule has 4 heteroatoms. The van der Waals surface area contributed by atoms with Crippen LogP contribution in [0.1, 0.15) is 12.8 Å². The summed E-state index contributed by atoms with van der Waals surface area (Å²) in [5.74, 6) is 2.92. The Morgan fingerprint density at radius 2 is 1.94 bits per heavy atom. The zero-order chi connectivity index (χ0) is 11.2. The normalized spacial score (nSPS) is 13.8. The van der Waals surface area contributed by atoms with Crippen LogP contribution in [0.5, 0.6) is 11.5 Å². The largest absolute Gasteiger partial charge is 0.486 e. The van der Waals surface area contributed by atoms with Gasteiger partial charge in [0.2, 0.25) is 0 Å². The smallest absolute Gasteiger partial charge is 0.162 e. The fraction of sp³-hybridized carbons (Fsp3) is 0.500. The van der Waals surface area contributed by atoms with Gasteiger partial charge in [-0.3, -0.25) is 0 Å². The van der Waals surface area contributed by atoms with Crippen molar-refractivity contribution in [3.05, 3.63) is 18.2 Å². The minimum atomic E-state index is 0.657. The molecule has 0 atom stereocenters. The van der Waals surface area contributed by atoms with Crippen LogP contribution in [0.3, 0.4) is 0 Å². The highest BCUT2D eigenvalue weighted by molar-refractivity contribution is 9.09. The van der Waals surface area contributed by atoms with Crippen LogP contribution < -0.4 is 9.47 Å². The maximum atomic E-state index is 5.55. The molecular formula is C12H15BrO2S. The minimum Gasteiger partial charge on any atom is -0.486 e. The second-order valence-electron chi connectivity index (χ2n) is 3.55. The van der Waals surface area contributed by atoms with Gasteiger partial charge in [-0.1, -0.05) is 15.9 Å². The Bertz CT molecular complexity index is 344. The quantitative estimate of drug-likeness (QED) is 0.469. The Morgan fingerprint density at radius 1 is 1.12 bits per heavy atom. The first-order valence-electron chi connectivity index (χ1n) is 5.48. The van der Waals surface area contributed by atoms with Gasteiger partial charge in [0.15, 0.2) is 11.5 Å². The average molecular weight is 303 g/mol. The van der Waals surface area contributed by atoms with Gasteiger partial charge < -0.3 is 9.47 Å². The number of thioether (sulfide) groups is 1. The fourth-order valence-electron chi connectivity index (χ4n) is 1.50. The molecular weight excluding hydrogens is 288 g/mol. The lowest BCUT2D eigenvalue weighted by Gasteiger charge is -2.18. The Hall–Kier alpha value is -0.350. The first-order valence-corrected chi connectivity index (χ1v) is 7.59. The zero-order valence-electron chi connectivity index (χ0n) is 9.08. The maximum absolute atomic E-state index is 5.55. The van der Waals surface area contributed by atoms with Gasteiger partial charge in [-0.15, -0.1) is 11.8 Å². The molecule has 2 rings (SSSR count). The highest BCUT2D eigenvalue weighted by atomic mass is 79.9. The summed E-state index contributed by atoms with van der Waals surface area (Å²) in [4.78, 5) is 1.26. The molecule has 0 bridgehead atoms. The molecule has 1 heterocycles. The molecule has 0 aromatic heterocycles. The molecule has 1 aliphatic heterocycles. The second kappa shape index (κ2) is 6.40. The van der Waals surface area contributed by atoms with E-state index in [4.69, 9.17) is 9.47 Å². The van der Waals surface area contributed by atoms with Gasteiger partial charge in [-0.2, -0.15) is 0 Å². The van der Waals surface area contributed by atoms with Crippen LogP contribution in [0.15, 0.2) is 23.1 Å². The number of hydrogen-bond donors (Lipinski definition) is 0. The number of hydrogen-bond acceptors (Lipinski definition) is 3. The maximum Gasteiger partial charge on any atom is 0.162 e. The molecule has 2 nitrogen and oxygen atoms in total. The minimum absolute atomic E-state index is 0.657. The number of ether oxygens (including phenoxy) is 2. The number of halogens is 1. The molecule has 88 valence electrons. The number of alkyl halides is 1. The third-order valence-corrected chi connectivity index (χ3v) is 3.95. The van der Waals surface area contributed by atoms with Crippen LogP contribution in [-0.4, -0.2) is 24.3 Å². The van der Waals surface area contributed by atoms with Crippen LogP contribution in [0, 0.1) is 0 Å². The molecule has 0 N–H and O–H groups in total. The highest BCUT2D eigenvalue weighted by Crippen LogP contribution is 2.34. The summed E-state index contributed by atoms with van der Waals surface area (Å²) in [6.07, 6.45) is 2.47. The van der Waals surface area contributed by atoms with E-state index in [1.165, 1.54) is 17.7 Å². The Kier molecular flexibility index (Phi) is 4.85. The molecule has 0 aliphatic carbocycles. The molecule has 0 spiro atoms. The third kappa shape index (κ3) is 3.32. The molecule has 1 aromatic carbocycles. The SMILES string of the molecule is BrCCCCSc1ccc2c(c1)OCCO2. The first-order chi connectivity index (χ1) is 7.90. The molecule has 16 heavy (non-hydrogen) atoms. The molecule has 0 fully saturated rings. The van der Waals surface area contributed by atoms with E-state index in [1.54, 1.807) is 0 Å². The second-order valence-corrected chi connectivity index (χ2v) is 5.51. The van der Waals surface area contributed by atoms with Crippen molar-refractivity contribution in [3.63, 3.8) is 0 Å².